The molecule has 0 amide bonds. The number of ether oxygens (including phenoxy) is 1. The predicted molar refractivity (Wildman–Crippen MR) is 67.9 cm³/mol. The minimum absolute atomic E-state index is 0.734. The van der Waals surface area contributed by atoms with E-state index < -0.39 is 0 Å². The largest absolute Gasteiger partial charge is 0.376 e. The molecule has 0 aromatic heterocycles. The highest BCUT2D eigenvalue weighted by Crippen LogP contribution is 2.25. The topological polar surface area (TPSA) is 9.23 Å². The van der Waals surface area contributed by atoms with Gasteiger partial charge in [-0.1, -0.05) is 55.5 Å². The fourth-order valence-electron chi connectivity index (χ4n) is 1.76. The summed E-state index contributed by atoms with van der Waals surface area (Å²) in [5.74, 6) is 1.31. The summed E-state index contributed by atoms with van der Waals surface area (Å²) in [4.78, 5) is 0. The lowest BCUT2D eigenvalue weighted by Gasteiger charge is -2.03. The molecular formula is C15H17O. The van der Waals surface area contributed by atoms with Crippen molar-refractivity contribution >= 4 is 6.08 Å². The number of hydrogen-bond donors (Lipinski definition) is 0. The Balaban J connectivity index is 2.13. The highest BCUT2D eigenvalue weighted by molar-refractivity contribution is 5.59. The van der Waals surface area contributed by atoms with Gasteiger partial charge in [-0.3, -0.25) is 0 Å². The Bertz CT molecular complexity index is 376. The molecule has 0 N–H and O–H groups in total. The average molecular weight is 213 g/mol. The van der Waals surface area contributed by atoms with Gasteiger partial charge in [0.05, 0.1) is 19.1 Å². The number of hydrogen-bond acceptors (Lipinski definition) is 1. The van der Waals surface area contributed by atoms with E-state index in [-0.39, 0.29) is 0 Å². The van der Waals surface area contributed by atoms with E-state index in [4.69, 9.17) is 4.74 Å². The second-order valence-electron chi connectivity index (χ2n) is 3.91. The van der Waals surface area contributed by atoms with Crippen molar-refractivity contribution in [2.45, 2.75) is 13.3 Å². The molecule has 1 saturated heterocycles. The van der Waals surface area contributed by atoms with Gasteiger partial charge in [-0.05, 0) is 17.6 Å². The average Bonchev–Trinajstić information content (AvgIpc) is 2.75. The normalized spacial score (nSPS) is 19.9. The minimum Gasteiger partial charge on any atom is -0.376 e. The Kier molecular flexibility index (Phi) is 3.95. The highest BCUT2D eigenvalue weighted by Gasteiger charge is 2.19. The van der Waals surface area contributed by atoms with Gasteiger partial charge in [-0.2, -0.15) is 0 Å². The summed E-state index contributed by atoms with van der Waals surface area (Å²) in [6, 6.07) is 10.4. The summed E-state index contributed by atoms with van der Waals surface area (Å²) in [5.41, 5.74) is 2.54. The molecule has 16 heavy (non-hydrogen) atoms. The fourth-order valence-corrected chi connectivity index (χ4v) is 1.76. The lowest BCUT2D eigenvalue weighted by atomic mass is 9.99. The molecule has 2 rings (SSSR count). The van der Waals surface area contributed by atoms with Crippen LogP contribution in [0.25, 0.3) is 6.08 Å². The molecule has 1 nitrogen and oxygen atoms in total. The molecule has 0 spiro atoms. The summed E-state index contributed by atoms with van der Waals surface area (Å²) < 4.78 is 5.48. The van der Waals surface area contributed by atoms with Crippen LogP contribution in [0, 0.1) is 5.92 Å². The Hall–Kier alpha value is -1.34. The molecule has 1 heterocycles. The maximum absolute atomic E-state index is 5.48. The van der Waals surface area contributed by atoms with E-state index in [1.165, 1.54) is 17.1 Å². The number of benzene rings is 1. The monoisotopic (exact) mass is 213 g/mol. The molecule has 0 unspecified atom stereocenters. The fraction of sp³-hybridized carbons (Fsp3) is 0.267. The Morgan fingerprint density at radius 2 is 2.00 bits per heavy atom. The van der Waals surface area contributed by atoms with Gasteiger partial charge in [0.1, 0.15) is 0 Å². The molecule has 0 aliphatic carbocycles. The summed E-state index contributed by atoms with van der Waals surface area (Å²) in [5, 5.41) is 0. The van der Waals surface area contributed by atoms with Crippen LogP contribution in [0.15, 0.2) is 48.1 Å². The van der Waals surface area contributed by atoms with Gasteiger partial charge in [0.15, 0.2) is 0 Å². The van der Waals surface area contributed by atoms with E-state index in [9.17, 15) is 0 Å². The van der Waals surface area contributed by atoms with Gasteiger partial charge in [0, 0.05) is 0 Å². The maximum Gasteiger partial charge on any atom is 0.0690 e. The third-order valence-electron chi connectivity index (χ3n) is 2.62. The Labute approximate surface area is 97.4 Å². The molecule has 1 fully saturated rings. The van der Waals surface area contributed by atoms with Gasteiger partial charge < -0.3 is 4.74 Å². The minimum atomic E-state index is 0.734. The van der Waals surface area contributed by atoms with E-state index in [0.29, 0.717) is 0 Å². The predicted octanol–water partition coefficient (Wildman–Crippen LogP) is 3.64. The third kappa shape index (κ3) is 2.83. The lowest BCUT2D eigenvalue weighted by Crippen LogP contribution is -1.94. The maximum atomic E-state index is 5.48. The van der Waals surface area contributed by atoms with E-state index in [2.05, 4.69) is 49.4 Å². The summed E-state index contributed by atoms with van der Waals surface area (Å²) in [6.45, 7) is 3.63. The first-order chi connectivity index (χ1) is 7.90. The summed E-state index contributed by atoms with van der Waals surface area (Å²) in [6.07, 6.45) is 7.65. The molecule has 1 aromatic rings. The van der Waals surface area contributed by atoms with Crippen molar-refractivity contribution in [3.05, 3.63) is 59.5 Å². The van der Waals surface area contributed by atoms with E-state index in [1.807, 2.05) is 6.07 Å². The molecule has 1 radical (unpaired) electrons. The molecular weight excluding hydrogens is 196 g/mol. The van der Waals surface area contributed by atoms with Crippen molar-refractivity contribution in [3.63, 3.8) is 0 Å². The molecule has 0 saturated carbocycles. The van der Waals surface area contributed by atoms with Crippen molar-refractivity contribution < 1.29 is 4.74 Å². The quantitative estimate of drug-likeness (QED) is 0.744. The van der Waals surface area contributed by atoms with Crippen LogP contribution < -0.4 is 0 Å². The van der Waals surface area contributed by atoms with Crippen LogP contribution in [0.5, 0.6) is 0 Å². The first kappa shape index (κ1) is 11.2. The van der Waals surface area contributed by atoms with Crippen molar-refractivity contribution in [1.82, 2.24) is 0 Å². The zero-order valence-corrected chi connectivity index (χ0v) is 9.65. The number of allylic oxidation sites excluding steroid dienone is 1. The first-order valence-corrected chi connectivity index (χ1v) is 5.76. The van der Waals surface area contributed by atoms with Crippen molar-refractivity contribution in [1.29, 1.82) is 0 Å². The number of rotatable bonds is 3. The van der Waals surface area contributed by atoms with Crippen LogP contribution >= 0.6 is 0 Å². The van der Waals surface area contributed by atoms with Gasteiger partial charge >= 0.3 is 0 Å². The smallest absolute Gasteiger partial charge is 0.0690 e. The Morgan fingerprint density at radius 1 is 1.19 bits per heavy atom. The van der Waals surface area contributed by atoms with Gasteiger partial charge in [0.25, 0.3) is 0 Å². The van der Waals surface area contributed by atoms with Gasteiger partial charge in [-0.25, -0.2) is 0 Å². The molecule has 1 aliphatic heterocycles. The SMILES string of the molecule is CC/C=C/[C]1COC/C1=C/c1ccccc1. The van der Waals surface area contributed by atoms with Crippen molar-refractivity contribution in [2.75, 3.05) is 13.2 Å². The summed E-state index contributed by atoms with van der Waals surface area (Å²) in [7, 11) is 0. The van der Waals surface area contributed by atoms with Crippen molar-refractivity contribution in [3.8, 4) is 0 Å². The third-order valence-corrected chi connectivity index (χ3v) is 2.62. The molecule has 0 bridgehead atoms. The van der Waals surface area contributed by atoms with E-state index in [1.54, 1.807) is 0 Å². The van der Waals surface area contributed by atoms with Crippen molar-refractivity contribution in [2.24, 2.45) is 0 Å². The molecule has 1 aromatic carbocycles. The Morgan fingerprint density at radius 3 is 2.75 bits per heavy atom. The highest BCUT2D eigenvalue weighted by atomic mass is 16.5. The second-order valence-corrected chi connectivity index (χ2v) is 3.91. The zero-order valence-electron chi connectivity index (χ0n) is 9.65. The standard InChI is InChI=1S/C15H17O/c1-2-3-9-14-11-16-12-15(14)10-13-7-5-4-6-8-13/h3-10H,2,11-12H2,1H3/b9-3+,15-10-. The molecule has 1 heteroatoms. The molecule has 0 atom stereocenters. The van der Waals surface area contributed by atoms with Crippen LogP contribution in [-0.2, 0) is 4.74 Å². The first-order valence-electron chi connectivity index (χ1n) is 5.76. The van der Waals surface area contributed by atoms with Crippen LogP contribution in [0.4, 0.5) is 0 Å². The zero-order chi connectivity index (χ0) is 11.2. The van der Waals surface area contributed by atoms with Crippen LogP contribution in [0.3, 0.4) is 0 Å². The van der Waals surface area contributed by atoms with E-state index >= 15 is 0 Å². The lowest BCUT2D eigenvalue weighted by molar-refractivity contribution is 0.211. The van der Waals surface area contributed by atoms with Crippen LogP contribution in [-0.4, -0.2) is 13.2 Å². The molecule has 83 valence electrons. The molecule has 1 aliphatic rings. The second kappa shape index (κ2) is 5.66. The van der Waals surface area contributed by atoms with Gasteiger partial charge in [0.2, 0.25) is 0 Å². The van der Waals surface area contributed by atoms with Crippen LogP contribution in [0.2, 0.25) is 0 Å². The van der Waals surface area contributed by atoms with Crippen LogP contribution in [0.1, 0.15) is 18.9 Å². The summed E-state index contributed by atoms with van der Waals surface area (Å²) >= 11 is 0. The van der Waals surface area contributed by atoms with E-state index in [0.717, 1.165) is 19.6 Å². The van der Waals surface area contributed by atoms with Gasteiger partial charge in [-0.15, -0.1) is 0 Å².